The molecule has 4 heteroatoms. The van der Waals surface area contributed by atoms with Crippen LogP contribution in [0.1, 0.15) is 51.0 Å². The van der Waals surface area contributed by atoms with Gasteiger partial charge in [0.2, 0.25) is 5.91 Å². The van der Waals surface area contributed by atoms with Gasteiger partial charge in [0.05, 0.1) is 5.41 Å². The SMILES string of the molecule is CCNCC1CCN(C(=O)C2(c3ccccc3)CCCC2)CC1.Cl. The van der Waals surface area contributed by atoms with Crippen LogP contribution in [-0.4, -0.2) is 37.0 Å². The van der Waals surface area contributed by atoms with Crippen molar-refractivity contribution in [2.75, 3.05) is 26.2 Å². The number of rotatable bonds is 5. The smallest absolute Gasteiger partial charge is 0.233 e. The summed E-state index contributed by atoms with van der Waals surface area (Å²) in [6, 6.07) is 10.5. The topological polar surface area (TPSA) is 32.3 Å². The summed E-state index contributed by atoms with van der Waals surface area (Å²) < 4.78 is 0. The second kappa shape index (κ2) is 8.87. The molecule has 2 aliphatic rings. The quantitative estimate of drug-likeness (QED) is 0.876. The molecule has 3 rings (SSSR count). The molecule has 0 radical (unpaired) electrons. The van der Waals surface area contributed by atoms with E-state index in [0.717, 1.165) is 57.8 Å². The van der Waals surface area contributed by atoms with E-state index in [1.807, 2.05) is 6.07 Å². The number of hydrogen-bond acceptors (Lipinski definition) is 2. The van der Waals surface area contributed by atoms with Crippen molar-refractivity contribution in [2.45, 2.75) is 50.9 Å². The van der Waals surface area contributed by atoms with Crippen molar-refractivity contribution in [2.24, 2.45) is 5.92 Å². The maximum Gasteiger partial charge on any atom is 0.233 e. The van der Waals surface area contributed by atoms with E-state index < -0.39 is 0 Å². The standard InChI is InChI=1S/C20H30N2O.ClH/c1-2-21-16-17-10-14-22(15-11-17)19(23)20(12-6-7-13-20)18-8-4-3-5-9-18;/h3-5,8-9,17,21H,2,6-7,10-16H2,1H3;1H. The van der Waals surface area contributed by atoms with E-state index in [2.05, 4.69) is 41.4 Å². The molecule has 1 amide bonds. The third kappa shape index (κ3) is 3.94. The number of benzene rings is 1. The van der Waals surface area contributed by atoms with Gasteiger partial charge in [0.1, 0.15) is 0 Å². The minimum Gasteiger partial charge on any atom is -0.342 e. The van der Waals surface area contributed by atoms with Crippen LogP contribution in [0.2, 0.25) is 0 Å². The van der Waals surface area contributed by atoms with E-state index >= 15 is 0 Å². The predicted octanol–water partition coefficient (Wildman–Crippen LogP) is 3.77. The molecule has 24 heavy (non-hydrogen) atoms. The van der Waals surface area contributed by atoms with E-state index in [1.54, 1.807) is 0 Å². The van der Waals surface area contributed by atoms with Gasteiger partial charge in [-0.25, -0.2) is 0 Å². The summed E-state index contributed by atoms with van der Waals surface area (Å²) in [6.07, 6.45) is 6.68. The maximum absolute atomic E-state index is 13.4. The average Bonchev–Trinajstić information content (AvgIpc) is 3.11. The number of likely N-dealkylation sites (tertiary alicyclic amines) is 1. The van der Waals surface area contributed by atoms with Crippen LogP contribution >= 0.6 is 12.4 Å². The second-order valence-electron chi connectivity index (χ2n) is 7.20. The Hall–Kier alpha value is -1.06. The molecule has 0 spiro atoms. The summed E-state index contributed by atoms with van der Waals surface area (Å²) in [5, 5.41) is 3.45. The summed E-state index contributed by atoms with van der Waals surface area (Å²) in [5.74, 6) is 1.12. The van der Waals surface area contributed by atoms with E-state index in [4.69, 9.17) is 0 Å². The first kappa shape index (κ1) is 19.3. The summed E-state index contributed by atoms with van der Waals surface area (Å²) in [4.78, 5) is 15.5. The van der Waals surface area contributed by atoms with Gasteiger partial charge in [-0.1, -0.05) is 50.1 Å². The number of hydrogen-bond donors (Lipinski definition) is 1. The van der Waals surface area contributed by atoms with Crippen LogP contribution in [-0.2, 0) is 10.2 Å². The molecule has 1 N–H and O–H groups in total. The Morgan fingerprint density at radius 1 is 1.17 bits per heavy atom. The van der Waals surface area contributed by atoms with Gasteiger partial charge in [-0.3, -0.25) is 4.79 Å². The second-order valence-corrected chi connectivity index (χ2v) is 7.20. The minimum absolute atomic E-state index is 0. The number of piperidine rings is 1. The lowest BCUT2D eigenvalue weighted by Crippen LogP contribution is -2.49. The molecule has 0 bridgehead atoms. The third-order valence-electron chi connectivity index (χ3n) is 5.78. The van der Waals surface area contributed by atoms with Crippen molar-refractivity contribution in [3.8, 4) is 0 Å². The van der Waals surface area contributed by atoms with Crippen LogP contribution in [0, 0.1) is 5.92 Å². The highest BCUT2D eigenvalue weighted by Crippen LogP contribution is 2.43. The molecule has 134 valence electrons. The molecular weight excluding hydrogens is 320 g/mol. The molecule has 1 aromatic rings. The van der Waals surface area contributed by atoms with Crippen LogP contribution in [0.15, 0.2) is 30.3 Å². The maximum atomic E-state index is 13.4. The van der Waals surface area contributed by atoms with Gasteiger partial charge in [-0.05, 0) is 50.3 Å². The zero-order valence-corrected chi connectivity index (χ0v) is 15.6. The third-order valence-corrected chi connectivity index (χ3v) is 5.78. The molecule has 2 fully saturated rings. The Bertz CT molecular complexity index is 506. The van der Waals surface area contributed by atoms with Crippen molar-refractivity contribution < 1.29 is 4.79 Å². The molecule has 3 nitrogen and oxygen atoms in total. The fourth-order valence-corrected chi connectivity index (χ4v) is 4.35. The highest BCUT2D eigenvalue weighted by molar-refractivity contribution is 5.88. The average molecular weight is 351 g/mol. The molecule has 1 aliphatic heterocycles. The first-order valence-electron chi connectivity index (χ1n) is 9.32. The van der Waals surface area contributed by atoms with Gasteiger partial charge in [0, 0.05) is 13.1 Å². The zero-order valence-electron chi connectivity index (χ0n) is 14.8. The molecule has 1 saturated heterocycles. The Balaban J connectivity index is 0.00000208. The molecule has 1 aliphatic carbocycles. The van der Waals surface area contributed by atoms with Crippen LogP contribution in [0.25, 0.3) is 0 Å². The van der Waals surface area contributed by atoms with Crippen molar-refractivity contribution >= 4 is 18.3 Å². The number of carbonyl (C=O) groups is 1. The largest absolute Gasteiger partial charge is 0.342 e. The molecule has 0 aromatic heterocycles. The Kier molecular flexibility index (Phi) is 7.12. The highest BCUT2D eigenvalue weighted by Gasteiger charge is 2.45. The monoisotopic (exact) mass is 350 g/mol. The number of nitrogens with one attached hydrogen (secondary N) is 1. The predicted molar refractivity (Wildman–Crippen MR) is 102 cm³/mol. The summed E-state index contributed by atoms with van der Waals surface area (Å²) in [5.41, 5.74) is 0.993. The van der Waals surface area contributed by atoms with Gasteiger partial charge in [0.25, 0.3) is 0 Å². The Morgan fingerprint density at radius 3 is 2.38 bits per heavy atom. The van der Waals surface area contributed by atoms with Crippen molar-refractivity contribution in [1.29, 1.82) is 0 Å². The van der Waals surface area contributed by atoms with Crippen LogP contribution in [0.3, 0.4) is 0 Å². The van der Waals surface area contributed by atoms with Crippen molar-refractivity contribution in [3.05, 3.63) is 35.9 Å². The lowest BCUT2D eigenvalue weighted by Gasteiger charge is -2.39. The lowest BCUT2D eigenvalue weighted by atomic mass is 9.77. The number of nitrogens with zero attached hydrogens (tertiary/aromatic N) is 1. The number of amides is 1. The van der Waals surface area contributed by atoms with Gasteiger partial charge >= 0.3 is 0 Å². The summed E-state index contributed by atoms with van der Waals surface area (Å²) in [7, 11) is 0. The molecule has 0 atom stereocenters. The van der Waals surface area contributed by atoms with Gasteiger partial charge in [0.15, 0.2) is 0 Å². The number of halogens is 1. The molecular formula is C20H31ClN2O. The van der Waals surface area contributed by atoms with Gasteiger partial charge in [-0.15, -0.1) is 12.4 Å². The summed E-state index contributed by atoms with van der Waals surface area (Å²) >= 11 is 0. The lowest BCUT2D eigenvalue weighted by molar-refractivity contribution is -0.138. The van der Waals surface area contributed by atoms with Crippen LogP contribution in [0.4, 0.5) is 0 Å². The molecule has 0 unspecified atom stereocenters. The number of carbonyl (C=O) groups excluding carboxylic acids is 1. The minimum atomic E-state index is -0.240. The van der Waals surface area contributed by atoms with Gasteiger partial charge < -0.3 is 10.2 Å². The molecule has 1 aromatic carbocycles. The van der Waals surface area contributed by atoms with E-state index in [-0.39, 0.29) is 17.8 Å². The highest BCUT2D eigenvalue weighted by atomic mass is 35.5. The Labute approximate surface area is 152 Å². The molecule has 1 saturated carbocycles. The Morgan fingerprint density at radius 2 is 1.79 bits per heavy atom. The normalized spacial score (nSPS) is 20.6. The van der Waals surface area contributed by atoms with E-state index in [0.29, 0.717) is 5.91 Å². The fourth-order valence-electron chi connectivity index (χ4n) is 4.35. The van der Waals surface area contributed by atoms with Crippen molar-refractivity contribution in [1.82, 2.24) is 10.2 Å². The van der Waals surface area contributed by atoms with Crippen LogP contribution in [0.5, 0.6) is 0 Å². The van der Waals surface area contributed by atoms with Crippen LogP contribution < -0.4 is 5.32 Å². The fraction of sp³-hybridized carbons (Fsp3) is 0.650. The summed E-state index contributed by atoms with van der Waals surface area (Å²) in [6.45, 7) is 6.16. The first-order valence-corrected chi connectivity index (χ1v) is 9.32. The zero-order chi connectivity index (χ0) is 16.1. The van der Waals surface area contributed by atoms with E-state index in [1.165, 1.54) is 18.4 Å². The first-order chi connectivity index (χ1) is 11.3. The van der Waals surface area contributed by atoms with Crippen molar-refractivity contribution in [3.63, 3.8) is 0 Å². The van der Waals surface area contributed by atoms with Gasteiger partial charge in [-0.2, -0.15) is 0 Å². The van der Waals surface area contributed by atoms with E-state index in [9.17, 15) is 4.79 Å². The molecule has 1 heterocycles.